The number of nitrogens with two attached hydrogens (primary N) is 2. The van der Waals surface area contributed by atoms with Crippen molar-refractivity contribution in [1.82, 2.24) is 5.32 Å². The van der Waals surface area contributed by atoms with Gasteiger partial charge < -0.3 is 21.9 Å². The number of amides is 1. The van der Waals surface area contributed by atoms with Gasteiger partial charge in [0.05, 0.1) is 6.04 Å². The number of carbonyl (C=O) groups excluding carboxylic acids is 1. The molecule has 1 aromatic carbocycles. The second-order valence-electron chi connectivity index (χ2n) is 3.56. The highest BCUT2D eigenvalue weighted by atomic mass is 16.3. The van der Waals surface area contributed by atoms with E-state index in [0.29, 0.717) is 19.5 Å². The van der Waals surface area contributed by atoms with Crippen LogP contribution in [0.1, 0.15) is 5.56 Å². The molecule has 0 heterocycles. The van der Waals surface area contributed by atoms with Gasteiger partial charge in [-0.1, -0.05) is 12.1 Å². The summed E-state index contributed by atoms with van der Waals surface area (Å²) in [6.07, 6.45) is 0.441. The number of phenolic OH excluding ortho intramolecular Hbond substituents is 1. The molecule has 1 aromatic rings. The maximum atomic E-state index is 11.4. The van der Waals surface area contributed by atoms with Crippen molar-refractivity contribution in [2.24, 2.45) is 11.5 Å². The van der Waals surface area contributed by atoms with E-state index in [0.717, 1.165) is 5.56 Å². The maximum Gasteiger partial charge on any atom is 0.237 e. The van der Waals surface area contributed by atoms with Gasteiger partial charge in [0.2, 0.25) is 5.91 Å². The molecular weight excluding hydrogens is 206 g/mol. The van der Waals surface area contributed by atoms with Crippen molar-refractivity contribution in [2.75, 3.05) is 13.1 Å². The first-order valence-electron chi connectivity index (χ1n) is 5.14. The molecule has 0 saturated carbocycles. The lowest BCUT2D eigenvalue weighted by Gasteiger charge is -2.11. The SMILES string of the molecule is NCCNC(=O)C(N)Cc1ccc(O)cc1. The van der Waals surface area contributed by atoms with Crippen LogP contribution in [0.15, 0.2) is 24.3 Å². The minimum atomic E-state index is -0.587. The Morgan fingerprint density at radius 2 is 2.00 bits per heavy atom. The summed E-state index contributed by atoms with van der Waals surface area (Å²) >= 11 is 0. The third-order valence-electron chi connectivity index (χ3n) is 2.17. The Kier molecular flexibility index (Phi) is 4.75. The number of phenols is 1. The van der Waals surface area contributed by atoms with Crippen LogP contribution in [0.5, 0.6) is 5.75 Å². The van der Waals surface area contributed by atoms with Crippen molar-refractivity contribution >= 4 is 5.91 Å². The van der Waals surface area contributed by atoms with E-state index in [1.54, 1.807) is 24.3 Å². The van der Waals surface area contributed by atoms with Gasteiger partial charge in [-0.25, -0.2) is 0 Å². The largest absolute Gasteiger partial charge is 0.508 e. The molecule has 5 nitrogen and oxygen atoms in total. The fraction of sp³-hybridized carbons (Fsp3) is 0.364. The highest BCUT2D eigenvalue weighted by Crippen LogP contribution is 2.10. The lowest BCUT2D eigenvalue weighted by Crippen LogP contribution is -2.43. The van der Waals surface area contributed by atoms with E-state index in [9.17, 15) is 4.79 Å². The van der Waals surface area contributed by atoms with Crippen molar-refractivity contribution in [3.63, 3.8) is 0 Å². The maximum absolute atomic E-state index is 11.4. The number of benzene rings is 1. The van der Waals surface area contributed by atoms with E-state index in [-0.39, 0.29) is 11.7 Å². The second-order valence-corrected chi connectivity index (χ2v) is 3.56. The zero-order chi connectivity index (χ0) is 12.0. The molecule has 0 aliphatic rings. The summed E-state index contributed by atoms with van der Waals surface area (Å²) in [6, 6.07) is 6.03. The fourth-order valence-electron chi connectivity index (χ4n) is 1.31. The minimum absolute atomic E-state index is 0.199. The van der Waals surface area contributed by atoms with Gasteiger partial charge >= 0.3 is 0 Å². The van der Waals surface area contributed by atoms with Crippen molar-refractivity contribution in [1.29, 1.82) is 0 Å². The molecule has 0 spiro atoms. The van der Waals surface area contributed by atoms with Crippen molar-refractivity contribution in [3.05, 3.63) is 29.8 Å². The van der Waals surface area contributed by atoms with Crippen molar-refractivity contribution in [3.8, 4) is 5.75 Å². The normalized spacial score (nSPS) is 12.1. The average Bonchev–Trinajstić information content (AvgIpc) is 2.29. The van der Waals surface area contributed by atoms with E-state index in [2.05, 4.69) is 5.32 Å². The molecule has 6 N–H and O–H groups in total. The molecule has 1 atom stereocenters. The van der Waals surface area contributed by atoms with Crippen LogP contribution in [-0.2, 0) is 11.2 Å². The summed E-state index contributed by atoms with van der Waals surface area (Å²) in [7, 11) is 0. The van der Waals surface area contributed by atoms with Gasteiger partial charge in [0.15, 0.2) is 0 Å². The zero-order valence-electron chi connectivity index (χ0n) is 9.02. The first-order valence-corrected chi connectivity index (χ1v) is 5.14. The highest BCUT2D eigenvalue weighted by Gasteiger charge is 2.12. The number of hydrogen-bond acceptors (Lipinski definition) is 4. The van der Waals surface area contributed by atoms with Crippen LogP contribution in [0.25, 0.3) is 0 Å². The molecule has 1 amide bonds. The number of aromatic hydroxyl groups is 1. The van der Waals surface area contributed by atoms with Gasteiger partial charge in [-0.2, -0.15) is 0 Å². The summed E-state index contributed by atoms with van der Waals surface area (Å²) in [6.45, 7) is 0.833. The molecule has 0 fully saturated rings. The predicted molar refractivity (Wildman–Crippen MR) is 61.9 cm³/mol. The lowest BCUT2D eigenvalue weighted by molar-refractivity contribution is -0.122. The topological polar surface area (TPSA) is 101 Å². The van der Waals surface area contributed by atoms with Gasteiger partial charge in [0.1, 0.15) is 5.75 Å². The Bertz CT molecular complexity index is 338. The second kappa shape index (κ2) is 6.09. The molecule has 0 aromatic heterocycles. The average molecular weight is 223 g/mol. The van der Waals surface area contributed by atoms with Crippen LogP contribution in [-0.4, -0.2) is 30.1 Å². The van der Waals surface area contributed by atoms with Crippen LogP contribution in [0.2, 0.25) is 0 Å². The first-order chi connectivity index (χ1) is 7.63. The van der Waals surface area contributed by atoms with Crippen LogP contribution < -0.4 is 16.8 Å². The van der Waals surface area contributed by atoms with E-state index in [1.807, 2.05) is 0 Å². The monoisotopic (exact) mass is 223 g/mol. The Balaban J connectivity index is 2.47. The van der Waals surface area contributed by atoms with Gasteiger partial charge in [0.25, 0.3) is 0 Å². The predicted octanol–water partition coefficient (Wildman–Crippen LogP) is -0.663. The molecule has 0 aliphatic heterocycles. The van der Waals surface area contributed by atoms with E-state index < -0.39 is 6.04 Å². The third-order valence-corrected chi connectivity index (χ3v) is 2.17. The van der Waals surface area contributed by atoms with Crippen molar-refractivity contribution in [2.45, 2.75) is 12.5 Å². The van der Waals surface area contributed by atoms with Gasteiger partial charge in [-0.15, -0.1) is 0 Å². The molecule has 0 radical (unpaired) electrons. The molecular formula is C11H17N3O2. The quantitative estimate of drug-likeness (QED) is 0.532. The van der Waals surface area contributed by atoms with Crippen LogP contribution in [0.4, 0.5) is 0 Å². The molecule has 5 heteroatoms. The number of carbonyl (C=O) groups is 1. The van der Waals surface area contributed by atoms with Crippen molar-refractivity contribution < 1.29 is 9.90 Å². The number of nitrogens with one attached hydrogen (secondary N) is 1. The molecule has 1 rings (SSSR count). The van der Waals surface area contributed by atoms with Crippen LogP contribution >= 0.6 is 0 Å². The highest BCUT2D eigenvalue weighted by molar-refractivity contribution is 5.81. The van der Waals surface area contributed by atoms with E-state index >= 15 is 0 Å². The molecule has 0 bridgehead atoms. The van der Waals surface area contributed by atoms with Crippen LogP contribution in [0.3, 0.4) is 0 Å². The zero-order valence-corrected chi connectivity index (χ0v) is 9.02. The van der Waals surface area contributed by atoms with E-state index in [1.165, 1.54) is 0 Å². The Morgan fingerprint density at radius 1 is 1.38 bits per heavy atom. The van der Waals surface area contributed by atoms with Crippen LogP contribution in [0, 0.1) is 0 Å². The lowest BCUT2D eigenvalue weighted by atomic mass is 10.1. The number of hydrogen-bond donors (Lipinski definition) is 4. The van der Waals surface area contributed by atoms with Gasteiger partial charge in [-0.05, 0) is 24.1 Å². The fourth-order valence-corrected chi connectivity index (χ4v) is 1.31. The molecule has 88 valence electrons. The summed E-state index contributed by atoms with van der Waals surface area (Å²) in [5, 5.41) is 11.7. The molecule has 1 unspecified atom stereocenters. The Morgan fingerprint density at radius 3 is 2.56 bits per heavy atom. The Labute approximate surface area is 94.4 Å². The summed E-state index contributed by atoms with van der Waals surface area (Å²) in [4.78, 5) is 11.4. The molecule has 0 aliphatic carbocycles. The molecule has 16 heavy (non-hydrogen) atoms. The first kappa shape index (κ1) is 12.5. The smallest absolute Gasteiger partial charge is 0.237 e. The van der Waals surface area contributed by atoms with E-state index in [4.69, 9.17) is 16.6 Å². The number of rotatable bonds is 5. The minimum Gasteiger partial charge on any atom is -0.508 e. The summed E-state index contributed by atoms with van der Waals surface area (Å²) < 4.78 is 0. The van der Waals surface area contributed by atoms with Gasteiger partial charge in [-0.3, -0.25) is 4.79 Å². The standard InChI is InChI=1S/C11H17N3O2/c12-5-6-14-11(16)10(13)7-8-1-3-9(15)4-2-8/h1-4,10,15H,5-7,12-13H2,(H,14,16). The summed E-state index contributed by atoms with van der Waals surface area (Å²) in [5.41, 5.74) is 11.9. The molecule has 0 saturated heterocycles. The van der Waals surface area contributed by atoms with Gasteiger partial charge in [0, 0.05) is 13.1 Å². The third kappa shape index (κ3) is 3.88. The summed E-state index contributed by atoms with van der Waals surface area (Å²) in [5.74, 6) is -0.0107. The Hall–Kier alpha value is -1.59.